The Hall–Kier alpha value is -0.870. The van der Waals surface area contributed by atoms with Crippen LogP contribution < -0.4 is 0 Å². The minimum absolute atomic E-state index is 0.335. The lowest BCUT2D eigenvalue weighted by molar-refractivity contribution is 0.178. The van der Waals surface area contributed by atoms with Crippen LogP contribution in [0.5, 0.6) is 11.5 Å². The number of phenolic OH excluding ortho intramolecular Hbond substituents is 2. The third-order valence-corrected chi connectivity index (χ3v) is 5.11. The van der Waals surface area contributed by atoms with Gasteiger partial charge in [-0.25, -0.2) is 0 Å². The van der Waals surface area contributed by atoms with E-state index in [1.54, 1.807) is 0 Å². The molecule has 4 heteroatoms. The van der Waals surface area contributed by atoms with Crippen molar-refractivity contribution in [3.8, 4) is 11.5 Å². The molecule has 0 fully saturated rings. The molecule has 2 N–H and O–H groups in total. The maximum Gasteiger partial charge on any atom is 0.122 e. The Kier molecular flexibility index (Phi) is 10.3. The molecule has 3 nitrogen and oxygen atoms in total. The number of hydrogen-bond acceptors (Lipinski definition) is 4. The molecule has 0 aliphatic heterocycles. The van der Waals surface area contributed by atoms with Crippen molar-refractivity contribution in [1.29, 1.82) is 0 Å². The number of ether oxygens (including phenoxy) is 1. The van der Waals surface area contributed by atoms with Gasteiger partial charge < -0.3 is 14.9 Å². The zero-order valence-corrected chi connectivity index (χ0v) is 16.4. The summed E-state index contributed by atoms with van der Waals surface area (Å²) in [5.74, 6) is 1.22. The maximum atomic E-state index is 10.3. The van der Waals surface area contributed by atoms with Gasteiger partial charge in [0.15, 0.2) is 0 Å². The van der Waals surface area contributed by atoms with E-state index in [0.29, 0.717) is 17.4 Å². The molecule has 24 heavy (non-hydrogen) atoms. The molecule has 0 atom stereocenters. The fourth-order valence-electron chi connectivity index (χ4n) is 3.12. The Labute approximate surface area is 152 Å². The quantitative estimate of drug-likeness (QED) is 0.198. The fraction of sp³-hybridized carbons (Fsp3) is 0.700. The summed E-state index contributed by atoms with van der Waals surface area (Å²) < 4.78 is 5.20. The molecular weight excluding hydrogens is 320 g/mol. The second-order valence-electron chi connectivity index (χ2n) is 6.67. The lowest BCUT2D eigenvalue weighted by Crippen LogP contribution is -1.97. The summed E-state index contributed by atoms with van der Waals surface area (Å²) in [6.45, 7) is 6.45. The summed E-state index contributed by atoms with van der Waals surface area (Å²) in [5.41, 5.74) is 3.34. The van der Waals surface area contributed by atoms with Crippen molar-refractivity contribution in [3.63, 3.8) is 0 Å². The zero-order chi connectivity index (χ0) is 17.9. The van der Waals surface area contributed by atoms with Gasteiger partial charge in [0.2, 0.25) is 0 Å². The first-order valence-electron chi connectivity index (χ1n) is 9.19. The number of phenols is 2. The van der Waals surface area contributed by atoms with Crippen molar-refractivity contribution in [2.24, 2.45) is 0 Å². The molecule has 0 heterocycles. The van der Waals surface area contributed by atoms with Gasteiger partial charge in [-0.2, -0.15) is 12.6 Å². The van der Waals surface area contributed by atoms with Crippen LogP contribution in [0.3, 0.4) is 0 Å². The van der Waals surface area contributed by atoms with E-state index in [1.807, 2.05) is 20.8 Å². The molecule has 0 amide bonds. The fourth-order valence-corrected chi connectivity index (χ4v) is 3.25. The molecule has 0 aliphatic rings. The van der Waals surface area contributed by atoms with E-state index < -0.39 is 0 Å². The van der Waals surface area contributed by atoms with Crippen LogP contribution in [0.15, 0.2) is 0 Å². The smallest absolute Gasteiger partial charge is 0.122 e. The van der Waals surface area contributed by atoms with Crippen LogP contribution in [0.2, 0.25) is 0 Å². The lowest BCUT2D eigenvalue weighted by Gasteiger charge is -2.15. The number of rotatable bonds is 12. The third kappa shape index (κ3) is 6.56. The predicted molar refractivity (Wildman–Crippen MR) is 104 cm³/mol. The summed E-state index contributed by atoms with van der Waals surface area (Å²) in [5, 5.41) is 20.5. The number of aromatic hydroxyl groups is 2. The summed E-state index contributed by atoms with van der Waals surface area (Å²) in [4.78, 5) is 0. The van der Waals surface area contributed by atoms with Gasteiger partial charge in [-0.05, 0) is 56.7 Å². The van der Waals surface area contributed by atoms with Crippen LogP contribution in [0.25, 0.3) is 0 Å². The summed E-state index contributed by atoms with van der Waals surface area (Å²) in [6, 6.07) is 0. The Morgan fingerprint density at radius 2 is 1.21 bits per heavy atom. The van der Waals surface area contributed by atoms with Crippen molar-refractivity contribution < 1.29 is 14.9 Å². The van der Waals surface area contributed by atoms with Crippen LogP contribution in [-0.4, -0.2) is 22.8 Å². The normalized spacial score (nSPS) is 11.2. The Morgan fingerprint density at radius 1 is 0.708 bits per heavy atom. The van der Waals surface area contributed by atoms with Crippen LogP contribution in [0.4, 0.5) is 0 Å². The molecule has 0 bridgehead atoms. The van der Waals surface area contributed by atoms with Crippen molar-refractivity contribution in [2.45, 2.75) is 78.6 Å². The molecule has 1 aromatic rings. The molecule has 0 saturated heterocycles. The number of benzene rings is 1. The van der Waals surface area contributed by atoms with Crippen LogP contribution in [-0.2, 0) is 11.2 Å². The largest absolute Gasteiger partial charge is 0.507 e. The van der Waals surface area contributed by atoms with Crippen LogP contribution in [0, 0.1) is 20.8 Å². The van der Waals surface area contributed by atoms with E-state index >= 15 is 0 Å². The van der Waals surface area contributed by atoms with Gasteiger partial charge in [0.1, 0.15) is 11.5 Å². The molecule has 138 valence electrons. The van der Waals surface area contributed by atoms with Crippen LogP contribution >= 0.6 is 12.6 Å². The first-order valence-corrected chi connectivity index (χ1v) is 9.83. The van der Waals surface area contributed by atoms with Crippen molar-refractivity contribution in [1.82, 2.24) is 0 Å². The predicted octanol–water partition coefficient (Wildman–Crippen LogP) is 5.59. The van der Waals surface area contributed by atoms with Gasteiger partial charge >= 0.3 is 0 Å². The molecule has 0 radical (unpaired) electrons. The van der Waals surface area contributed by atoms with Gasteiger partial charge in [-0.15, -0.1) is 0 Å². The maximum absolute atomic E-state index is 10.3. The third-order valence-electron chi connectivity index (χ3n) is 4.92. The summed E-state index contributed by atoms with van der Waals surface area (Å²) >= 11 is 4.01. The molecule has 1 aromatic carbocycles. The lowest BCUT2D eigenvalue weighted by atomic mass is 9.94. The molecule has 0 aromatic heterocycles. The number of unbranched alkanes of at least 4 members (excludes halogenated alkanes) is 7. The van der Waals surface area contributed by atoms with Crippen LogP contribution in [0.1, 0.15) is 73.6 Å². The molecular formula is C20H34O3S. The van der Waals surface area contributed by atoms with E-state index in [1.165, 1.54) is 38.5 Å². The Morgan fingerprint density at radius 3 is 1.79 bits per heavy atom. The minimum Gasteiger partial charge on any atom is -0.507 e. The molecule has 0 aliphatic carbocycles. The highest BCUT2D eigenvalue weighted by Gasteiger charge is 2.15. The molecule has 0 saturated carbocycles. The average Bonchev–Trinajstić information content (AvgIpc) is 2.58. The second kappa shape index (κ2) is 11.6. The van der Waals surface area contributed by atoms with E-state index in [4.69, 9.17) is 4.74 Å². The highest BCUT2D eigenvalue weighted by Crippen LogP contribution is 2.37. The Balaban J connectivity index is 2.20. The zero-order valence-electron chi connectivity index (χ0n) is 15.5. The first kappa shape index (κ1) is 21.2. The van der Waals surface area contributed by atoms with E-state index in [9.17, 15) is 10.2 Å². The van der Waals surface area contributed by atoms with Gasteiger partial charge in [0.05, 0.1) is 5.94 Å². The molecule has 0 spiro atoms. The van der Waals surface area contributed by atoms with Gasteiger partial charge in [-0.1, -0.05) is 38.5 Å². The van der Waals surface area contributed by atoms with E-state index in [2.05, 4.69) is 12.6 Å². The van der Waals surface area contributed by atoms with Gasteiger partial charge in [-0.3, -0.25) is 0 Å². The summed E-state index contributed by atoms with van der Waals surface area (Å²) in [6.07, 6.45) is 10.5. The van der Waals surface area contributed by atoms with Crippen molar-refractivity contribution in [3.05, 3.63) is 22.3 Å². The van der Waals surface area contributed by atoms with E-state index in [0.717, 1.165) is 48.1 Å². The monoisotopic (exact) mass is 354 g/mol. The molecule has 0 unspecified atom stereocenters. The average molecular weight is 355 g/mol. The number of hydrogen-bond donors (Lipinski definition) is 3. The first-order chi connectivity index (χ1) is 11.5. The van der Waals surface area contributed by atoms with Crippen molar-refractivity contribution >= 4 is 12.6 Å². The highest BCUT2D eigenvalue weighted by atomic mass is 32.1. The SMILES string of the molecule is Cc1c(C)c(O)c(CCCCCCCCCCOCS)c(C)c1O. The second-order valence-corrected chi connectivity index (χ2v) is 6.92. The van der Waals surface area contributed by atoms with Gasteiger partial charge in [0.25, 0.3) is 0 Å². The van der Waals surface area contributed by atoms with Gasteiger partial charge in [0, 0.05) is 12.2 Å². The number of thiol groups is 1. The van der Waals surface area contributed by atoms with E-state index in [-0.39, 0.29) is 0 Å². The highest BCUT2D eigenvalue weighted by molar-refractivity contribution is 7.80. The Bertz CT molecular complexity index is 471. The molecule has 1 rings (SSSR count). The van der Waals surface area contributed by atoms with Crippen molar-refractivity contribution in [2.75, 3.05) is 12.5 Å². The summed E-state index contributed by atoms with van der Waals surface area (Å²) in [7, 11) is 0. The minimum atomic E-state index is 0.335. The topological polar surface area (TPSA) is 49.7 Å². The standard InChI is InChI=1S/C20H34O3S/c1-15-16(2)20(22)18(17(3)19(15)21)12-10-8-6-4-5-7-9-11-13-23-14-24/h21-22,24H,4-14H2,1-3H3.